The van der Waals surface area contributed by atoms with Crippen molar-refractivity contribution < 1.29 is 14.7 Å². The van der Waals surface area contributed by atoms with E-state index in [0.717, 1.165) is 47.2 Å². The minimum Gasteiger partial charge on any atom is -0.465 e. The molecule has 3 heterocycles. The molecule has 4 aromatic rings. The first-order chi connectivity index (χ1) is 16.9. The van der Waals surface area contributed by atoms with Crippen molar-refractivity contribution in [1.82, 2.24) is 29.5 Å². The number of nitrogens with zero attached hydrogens (tertiary/aromatic N) is 5. The number of carbonyl (C=O) groups is 2. The summed E-state index contributed by atoms with van der Waals surface area (Å²) in [6.45, 7) is 4.08. The van der Waals surface area contributed by atoms with Gasteiger partial charge in [-0.05, 0) is 56.1 Å². The number of carbonyl (C=O) groups excluding carboxylic acids is 1. The molecule has 2 aromatic carbocycles. The molecule has 10 heteroatoms. The van der Waals surface area contributed by atoms with Crippen molar-refractivity contribution in [2.75, 3.05) is 18.4 Å². The lowest BCUT2D eigenvalue weighted by molar-refractivity contribution is 0.160. The molecule has 0 unspecified atom stereocenters. The highest BCUT2D eigenvalue weighted by Crippen LogP contribution is 2.23. The number of likely N-dealkylation sites (tertiary alicyclic amines) is 1. The van der Waals surface area contributed by atoms with Gasteiger partial charge in [0.05, 0.1) is 23.7 Å². The monoisotopic (exact) mass is 473 g/mol. The Balaban J connectivity index is 1.41. The third kappa shape index (κ3) is 5.17. The Morgan fingerprint density at radius 2 is 2.06 bits per heavy atom. The second-order valence-corrected chi connectivity index (χ2v) is 8.88. The van der Waals surface area contributed by atoms with E-state index in [1.165, 1.54) is 4.68 Å². The number of imidazole rings is 1. The van der Waals surface area contributed by atoms with Crippen molar-refractivity contribution in [3.63, 3.8) is 0 Å². The average molecular weight is 474 g/mol. The van der Waals surface area contributed by atoms with Gasteiger partial charge < -0.3 is 20.3 Å². The van der Waals surface area contributed by atoms with Crippen LogP contribution in [0.2, 0.25) is 0 Å². The molecule has 1 fully saturated rings. The fraction of sp³-hybridized carbons (Fsp3) is 0.280. The number of piperidine rings is 1. The number of nitrogens with one attached hydrogen (secondary N) is 2. The van der Waals surface area contributed by atoms with Crippen LogP contribution in [0.5, 0.6) is 0 Å². The van der Waals surface area contributed by atoms with Crippen molar-refractivity contribution in [2.24, 2.45) is 0 Å². The fourth-order valence-electron chi connectivity index (χ4n) is 4.61. The normalized spacial score (nSPS) is 16.3. The maximum Gasteiger partial charge on any atom is 0.404 e. The quantitative estimate of drug-likeness (QED) is 0.405. The van der Waals surface area contributed by atoms with Crippen LogP contribution in [0, 0.1) is 6.92 Å². The van der Waals surface area contributed by atoms with Gasteiger partial charge in [-0.1, -0.05) is 18.2 Å². The lowest BCUT2D eigenvalue weighted by Crippen LogP contribution is -2.46. The van der Waals surface area contributed by atoms with Crippen molar-refractivity contribution >= 4 is 28.7 Å². The summed E-state index contributed by atoms with van der Waals surface area (Å²) < 4.78 is 3.28. The molecule has 0 bridgehead atoms. The van der Waals surface area contributed by atoms with Gasteiger partial charge in [-0.25, -0.2) is 14.6 Å². The van der Waals surface area contributed by atoms with E-state index in [4.69, 9.17) is 5.11 Å². The van der Waals surface area contributed by atoms with E-state index < -0.39 is 6.09 Å². The first-order valence-corrected chi connectivity index (χ1v) is 11.6. The van der Waals surface area contributed by atoms with E-state index in [0.29, 0.717) is 18.8 Å². The summed E-state index contributed by atoms with van der Waals surface area (Å²) in [5.41, 5.74) is 4.15. The number of benzene rings is 2. The molecule has 0 saturated carbocycles. The Bertz CT molecular complexity index is 1380. The number of carboxylic acid groups (broad SMARTS) is 1. The van der Waals surface area contributed by atoms with Gasteiger partial charge in [0.2, 0.25) is 0 Å². The van der Waals surface area contributed by atoms with Gasteiger partial charge in [0.15, 0.2) is 0 Å². The highest BCUT2D eigenvalue weighted by molar-refractivity contribution is 5.97. The Labute approximate surface area is 202 Å². The molecule has 1 aliphatic rings. The second-order valence-electron chi connectivity index (χ2n) is 8.88. The zero-order valence-corrected chi connectivity index (χ0v) is 19.4. The van der Waals surface area contributed by atoms with Gasteiger partial charge in [0.25, 0.3) is 0 Å². The zero-order chi connectivity index (χ0) is 24.4. The highest BCUT2D eigenvalue weighted by atomic mass is 16.4. The van der Waals surface area contributed by atoms with Crippen LogP contribution < -0.4 is 10.6 Å². The number of hydrogen-bond acceptors (Lipinski definition) is 5. The summed E-state index contributed by atoms with van der Waals surface area (Å²) >= 11 is 0. The molecule has 180 valence electrons. The van der Waals surface area contributed by atoms with Crippen LogP contribution in [0.1, 0.15) is 24.1 Å². The first kappa shape index (κ1) is 22.6. The molecule has 0 aliphatic carbocycles. The zero-order valence-electron chi connectivity index (χ0n) is 19.4. The molecule has 2 aromatic heterocycles. The highest BCUT2D eigenvalue weighted by Gasteiger charge is 2.22. The molecule has 3 N–H and O–H groups in total. The van der Waals surface area contributed by atoms with Crippen molar-refractivity contribution in [2.45, 2.75) is 32.4 Å². The van der Waals surface area contributed by atoms with Crippen LogP contribution in [0.3, 0.4) is 0 Å². The Hall–Kier alpha value is -4.18. The molecule has 1 saturated heterocycles. The van der Waals surface area contributed by atoms with Crippen molar-refractivity contribution in [3.8, 4) is 5.69 Å². The maximum absolute atomic E-state index is 13.1. The summed E-state index contributed by atoms with van der Waals surface area (Å²) in [5, 5.41) is 19.8. The largest absolute Gasteiger partial charge is 0.465 e. The van der Waals surface area contributed by atoms with Crippen LogP contribution in [0.4, 0.5) is 15.3 Å². The van der Waals surface area contributed by atoms with Gasteiger partial charge in [0, 0.05) is 42.1 Å². The predicted molar refractivity (Wildman–Crippen MR) is 132 cm³/mol. The molecule has 1 aliphatic heterocycles. The standard InChI is InChI=1S/C25H27N7O3/c1-17-13-31(16-26-17)22-10-18(14-30-8-4-6-20(15-30)29-25(34)35)9-21(11-22)28-24(33)32-23-7-3-2-5-19(23)12-27-32/h2-3,5,7,9-13,16,20,29H,4,6,8,14-15H2,1H3,(H,28,33)(H,34,35)/t20-/m0/s1. The summed E-state index contributed by atoms with van der Waals surface area (Å²) in [6.07, 6.45) is 6.10. The molecular formula is C25H27N7O3. The van der Waals surface area contributed by atoms with E-state index in [1.54, 1.807) is 12.5 Å². The molecule has 10 nitrogen and oxygen atoms in total. The van der Waals surface area contributed by atoms with Crippen LogP contribution in [-0.2, 0) is 6.54 Å². The third-order valence-corrected chi connectivity index (χ3v) is 6.15. The minimum absolute atomic E-state index is 0.0898. The molecular weight excluding hydrogens is 446 g/mol. The molecule has 35 heavy (non-hydrogen) atoms. The number of aromatic nitrogens is 4. The van der Waals surface area contributed by atoms with E-state index >= 15 is 0 Å². The number of rotatable bonds is 5. The van der Waals surface area contributed by atoms with Gasteiger partial charge >= 0.3 is 12.1 Å². The van der Waals surface area contributed by atoms with Gasteiger partial charge in [-0.15, -0.1) is 0 Å². The average Bonchev–Trinajstić information content (AvgIpc) is 3.45. The van der Waals surface area contributed by atoms with Crippen LogP contribution in [0.25, 0.3) is 16.6 Å². The molecule has 5 rings (SSSR count). The van der Waals surface area contributed by atoms with Gasteiger partial charge in [-0.2, -0.15) is 9.78 Å². The lowest BCUT2D eigenvalue weighted by Gasteiger charge is -2.32. The minimum atomic E-state index is -0.995. The number of para-hydroxylation sites is 1. The number of anilines is 1. The SMILES string of the molecule is Cc1cn(-c2cc(CN3CCC[C@H](NC(=O)O)C3)cc(NC(=O)n3ncc4ccccc43)c2)cn1. The number of hydrogen-bond donors (Lipinski definition) is 3. The summed E-state index contributed by atoms with van der Waals surface area (Å²) in [6, 6.07) is 13.0. The van der Waals surface area contributed by atoms with Gasteiger partial charge in [-0.3, -0.25) is 4.90 Å². The number of fused-ring (bicyclic) bond motifs is 1. The second kappa shape index (κ2) is 9.59. The Morgan fingerprint density at radius 3 is 2.86 bits per heavy atom. The maximum atomic E-state index is 13.1. The van der Waals surface area contributed by atoms with Crippen molar-refractivity contribution in [1.29, 1.82) is 0 Å². The summed E-state index contributed by atoms with van der Waals surface area (Å²) in [4.78, 5) is 30.7. The Morgan fingerprint density at radius 1 is 1.20 bits per heavy atom. The molecule has 2 amide bonds. The smallest absolute Gasteiger partial charge is 0.404 e. The van der Waals surface area contributed by atoms with Crippen LogP contribution >= 0.6 is 0 Å². The number of aryl methyl sites for hydroxylation is 1. The molecule has 1 atom stereocenters. The summed E-state index contributed by atoms with van der Waals surface area (Å²) in [5.74, 6) is 0. The van der Waals surface area contributed by atoms with Crippen LogP contribution in [0.15, 0.2) is 61.2 Å². The van der Waals surface area contributed by atoms with E-state index in [1.807, 2.05) is 54.1 Å². The topological polar surface area (TPSA) is 117 Å². The van der Waals surface area contributed by atoms with Crippen LogP contribution in [-0.4, -0.2) is 60.6 Å². The van der Waals surface area contributed by atoms with Crippen molar-refractivity contribution in [3.05, 3.63) is 72.4 Å². The molecule has 0 radical (unpaired) electrons. The summed E-state index contributed by atoms with van der Waals surface area (Å²) in [7, 11) is 0. The Kier molecular flexibility index (Phi) is 6.19. The van der Waals surface area contributed by atoms with E-state index in [-0.39, 0.29) is 12.1 Å². The van der Waals surface area contributed by atoms with E-state index in [2.05, 4.69) is 31.7 Å². The predicted octanol–water partition coefficient (Wildman–Crippen LogP) is 3.84. The lowest BCUT2D eigenvalue weighted by atomic mass is 10.0. The third-order valence-electron chi connectivity index (χ3n) is 6.15. The number of amides is 2. The fourth-order valence-corrected chi connectivity index (χ4v) is 4.61. The van der Waals surface area contributed by atoms with Gasteiger partial charge in [0.1, 0.15) is 0 Å². The van der Waals surface area contributed by atoms with E-state index in [9.17, 15) is 9.59 Å². The first-order valence-electron chi connectivity index (χ1n) is 11.6. The molecule has 0 spiro atoms.